The van der Waals surface area contributed by atoms with Crippen LogP contribution in [0, 0.1) is 0 Å². The van der Waals surface area contributed by atoms with E-state index >= 15 is 0 Å². The fourth-order valence-electron chi connectivity index (χ4n) is 3.49. The molecule has 170 valence electrons. The molecule has 0 aliphatic carbocycles. The van der Waals surface area contributed by atoms with Gasteiger partial charge in [0.05, 0.1) is 22.4 Å². The molecule has 4 rings (SSSR count). The number of hydrogen-bond donors (Lipinski definition) is 3. The van der Waals surface area contributed by atoms with Gasteiger partial charge >= 0.3 is 0 Å². The molecule has 32 heavy (non-hydrogen) atoms. The van der Waals surface area contributed by atoms with E-state index in [1.54, 1.807) is 6.07 Å². The van der Waals surface area contributed by atoms with Crippen LogP contribution >= 0.6 is 11.3 Å². The zero-order chi connectivity index (χ0) is 22.7. The van der Waals surface area contributed by atoms with Gasteiger partial charge in [-0.15, -0.1) is 11.3 Å². The molecule has 10 heteroatoms. The van der Waals surface area contributed by atoms with Crippen molar-refractivity contribution < 1.29 is 13.2 Å². The zero-order valence-electron chi connectivity index (χ0n) is 18.0. The Bertz CT molecular complexity index is 1170. The molecule has 0 bridgehead atoms. The number of rotatable bonds is 7. The summed E-state index contributed by atoms with van der Waals surface area (Å²) in [6, 6.07) is 12.9. The number of hydrogen-bond acceptors (Lipinski definition) is 8. The lowest BCUT2D eigenvalue weighted by molar-refractivity contribution is 0.243. The van der Waals surface area contributed by atoms with Gasteiger partial charge in [-0.1, -0.05) is 12.1 Å². The average molecular weight is 474 g/mol. The van der Waals surface area contributed by atoms with Gasteiger partial charge in [0.1, 0.15) is 5.75 Å². The fourth-order valence-corrected chi connectivity index (χ4v) is 4.76. The van der Waals surface area contributed by atoms with Crippen LogP contribution in [-0.2, 0) is 10.0 Å². The normalized spacial score (nSPS) is 14.6. The summed E-state index contributed by atoms with van der Waals surface area (Å²) in [6.45, 7) is 7.81. The van der Waals surface area contributed by atoms with Crippen molar-refractivity contribution in [2.24, 2.45) is 5.14 Å². The van der Waals surface area contributed by atoms with Crippen molar-refractivity contribution in [2.45, 2.75) is 24.8 Å². The number of benzene rings is 2. The van der Waals surface area contributed by atoms with Crippen molar-refractivity contribution >= 4 is 37.9 Å². The Morgan fingerprint density at radius 3 is 2.53 bits per heavy atom. The second-order valence-corrected chi connectivity index (χ2v) is 10.2. The molecule has 0 unspecified atom stereocenters. The molecule has 0 amide bonds. The Morgan fingerprint density at radius 1 is 1.16 bits per heavy atom. The van der Waals surface area contributed by atoms with E-state index in [9.17, 15) is 8.42 Å². The third-order valence-electron chi connectivity index (χ3n) is 5.03. The lowest BCUT2D eigenvalue weighted by Crippen LogP contribution is -2.43. The van der Waals surface area contributed by atoms with Crippen LogP contribution in [0.4, 0.5) is 16.5 Å². The van der Waals surface area contributed by atoms with E-state index in [-0.39, 0.29) is 11.0 Å². The number of sulfonamides is 1. The maximum Gasteiger partial charge on any atom is 0.238 e. The van der Waals surface area contributed by atoms with Crippen LogP contribution < -0.4 is 25.4 Å². The maximum atomic E-state index is 11.8. The lowest BCUT2D eigenvalue weighted by Gasteiger charge is -2.29. The molecule has 1 aliphatic heterocycles. The first-order valence-corrected chi connectivity index (χ1v) is 12.8. The number of nitrogens with zero attached hydrogens (tertiary/aromatic N) is 2. The molecule has 0 atom stereocenters. The van der Waals surface area contributed by atoms with E-state index in [1.165, 1.54) is 29.2 Å². The molecule has 0 saturated carbocycles. The highest BCUT2D eigenvalue weighted by Crippen LogP contribution is 2.34. The predicted molar refractivity (Wildman–Crippen MR) is 129 cm³/mol. The molecule has 2 aromatic carbocycles. The van der Waals surface area contributed by atoms with Crippen LogP contribution in [-0.4, -0.2) is 45.7 Å². The minimum atomic E-state index is -3.83. The Balaban J connectivity index is 1.55. The third kappa shape index (κ3) is 5.39. The van der Waals surface area contributed by atoms with Gasteiger partial charge < -0.3 is 20.3 Å². The molecule has 1 saturated heterocycles. The van der Waals surface area contributed by atoms with E-state index in [0.717, 1.165) is 37.4 Å². The second kappa shape index (κ2) is 9.45. The fraction of sp³-hybridized carbons (Fsp3) is 0.318. The van der Waals surface area contributed by atoms with Crippen molar-refractivity contribution in [1.29, 1.82) is 0 Å². The van der Waals surface area contributed by atoms with E-state index in [2.05, 4.69) is 44.8 Å². The molecule has 3 aromatic rings. The minimum Gasteiger partial charge on any atom is -0.489 e. The first-order valence-electron chi connectivity index (χ1n) is 10.4. The van der Waals surface area contributed by atoms with Crippen molar-refractivity contribution in [1.82, 2.24) is 10.3 Å². The number of nitrogens with two attached hydrogens (primary N) is 1. The van der Waals surface area contributed by atoms with Crippen LogP contribution in [0.25, 0.3) is 11.3 Å². The molecule has 1 aliphatic rings. The van der Waals surface area contributed by atoms with Gasteiger partial charge in [-0.3, -0.25) is 0 Å². The predicted octanol–water partition coefficient (Wildman–Crippen LogP) is 3.40. The SMILES string of the molecule is CC(C)Oc1ccc(S(N)(=O)=O)cc1Nc1nc(-c2ccc(N3CCNCC3)cc2)cs1. The monoisotopic (exact) mass is 473 g/mol. The van der Waals surface area contributed by atoms with Crippen LogP contribution in [0.2, 0.25) is 0 Å². The summed E-state index contributed by atoms with van der Waals surface area (Å²) < 4.78 is 29.4. The summed E-state index contributed by atoms with van der Waals surface area (Å²) >= 11 is 1.44. The first kappa shape index (κ1) is 22.5. The van der Waals surface area contributed by atoms with Crippen LogP contribution in [0.15, 0.2) is 52.7 Å². The van der Waals surface area contributed by atoms with Crippen molar-refractivity contribution in [2.75, 3.05) is 36.4 Å². The number of ether oxygens (including phenoxy) is 1. The molecule has 1 aromatic heterocycles. The van der Waals surface area contributed by atoms with Crippen molar-refractivity contribution in [3.8, 4) is 17.0 Å². The summed E-state index contributed by atoms with van der Waals surface area (Å²) in [5.74, 6) is 0.532. The third-order valence-corrected chi connectivity index (χ3v) is 6.70. The van der Waals surface area contributed by atoms with Gasteiger partial charge in [-0.05, 0) is 44.2 Å². The summed E-state index contributed by atoms with van der Waals surface area (Å²) in [5.41, 5.74) is 3.57. The molecule has 0 radical (unpaired) electrons. The Morgan fingerprint density at radius 2 is 1.88 bits per heavy atom. The van der Waals surface area contributed by atoms with Gasteiger partial charge in [0.25, 0.3) is 0 Å². The average Bonchev–Trinajstić information content (AvgIpc) is 3.23. The maximum absolute atomic E-state index is 11.8. The topological polar surface area (TPSA) is 110 Å². The van der Waals surface area contributed by atoms with Crippen LogP contribution in [0.3, 0.4) is 0 Å². The molecule has 1 fully saturated rings. The molecular weight excluding hydrogens is 446 g/mol. The quantitative estimate of drug-likeness (QED) is 0.482. The Hall–Kier alpha value is -2.66. The molecule has 8 nitrogen and oxygen atoms in total. The van der Waals surface area contributed by atoms with Crippen LogP contribution in [0.1, 0.15) is 13.8 Å². The van der Waals surface area contributed by atoms with Gasteiger partial charge in [0, 0.05) is 42.8 Å². The van der Waals surface area contributed by atoms with Gasteiger partial charge in [0.15, 0.2) is 5.13 Å². The molecule has 0 spiro atoms. The Kier molecular flexibility index (Phi) is 6.66. The standard InChI is InChI=1S/C22H27N5O3S2/c1-15(2)30-21-8-7-18(32(23,28)29)13-19(21)25-22-26-20(14-31-22)16-3-5-17(6-4-16)27-11-9-24-10-12-27/h3-8,13-15,24H,9-12H2,1-2H3,(H,25,26)(H2,23,28,29). The molecule has 4 N–H and O–H groups in total. The van der Waals surface area contributed by atoms with Gasteiger partial charge in [-0.2, -0.15) is 0 Å². The van der Waals surface area contributed by atoms with E-state index in [0.29, 0.717) is 16.6 Å². The Labute approximate surface area is 192 Å². The van der Waals surface area contributed by atoms with E-state index in [4.69, 9.17) is 9.88 Å². The molecule has 2 heterocycles. The lowest BCUT2D eigenvalue weighted by atomic mass is 10.1. The summed E-state index contributed by atoms with van der Waals surface area (Å²) in [5, 5.41) is 14.5. The highest BCUT2D eigenvalue weighted by molar-refractivity contribution is 7.89. The molecular formula is C22H27N5O3S2. The summed E-state index contributed by atoms with van der Waals surface area (Å²) in [7, 11) is -3.83. The van der Waals surface area contributed by atoms with E-state index < -0.39 is 10.0 Å². The smallest absolute Gasteiger partial charge is 0.238 e. The number of anilines is 3. The van der Waals surface area contributed by atoms with Crippen LogP contribution in [0.5, 0.6) is 5.75 Å². The summed E-state index contributed by atoms with van der Waals surface area (Å²) in [6.07, 6.45) is -0.0723. The number of thiazole rings is 1. The number of piperazine rings is 1. The summed E-state index contributed by atoms with van der Waals surface area (Å²) in [4.78, 5) is 7.05. The van der Waals surface area contributed by atoms with Gasteiger partial charge in [0.2, 0.25) is 10.0 Å². The minimum absolute atomic E-state index is 0.0105. The largest absolute Gasteiger partial charge is 0.489 e. The van der Waals surface area contributed by atoms with Gasteiger partial charge in [-0.25, -0.2) is 18.5 Å². The highest BCUT2D eigenvalue weighted by Gasteiger charge is 2.15. The number of nitrogens with one attached hydrogen (secondary N) is 2. The van der Waals surface area contributed by atoms with Crippen molar-refractivity contribution in [3.05, 3.63) is 47.8 Å². The zero-order valence-corrected chi connectivity index (χ0v) is 19.7. The number of primary sulfonamides is 1. The van der Waals surface area contributed by atoms with E-state index in [1.807, 2.05) is 19.2 Å². The second-order valence-electron chi connectivity index (χ2n) is 7.82. The van der Waals surface area contributed by atoms with Crippen molar-refractivity contribution in [3.63, 3.8) is 0 Å². The highest BCUT2D eigenvalue weighted by atomic mass is 32.2. The first-order chi connectivity index (χ1) is 15.3. The number of aromatic nitrogens is 1.